The Labute approximate surface area is 126 Å². The molecule has 0 saturated carbocycles. The van der Waals surface area contributed by atoms with E-state index in [1.54, 1.807) is 0 Å². The van der Waals surface area contributed by atoms with E-state index in [1.165, 1.54) is 0 Å². The third-order valence-electron chi connectivity index (χ3n) is 4.40. The molecule has 0 bridgehead atoms. The Balaban J connectivity index is 1.72. The largest absolute Gasteiger partial charge is 0.368 e. The van der Waals surface area contributed by atoms with Crippen molar-refractivity contribution in [3.8, 4) is 0 Å². The normalized spacial score (nSPS) is 24.2. The monoisotopic (exact) mass is 297 g/mol. The molecule has 0 aromatic carbocycles. The lowest BCUT2D eigenvalue weighted by Crippen LogP contribution is -2.52. The summed E-state index contributed by atoms with van der Waals surface area (Å²) in [5.41, 5.74) is 5.57. The van der Waals surface area contributed by atoms with E-state index in [9.17, 15) is 9.59 Å². The minimum absolute atomic E-state index is 0.0938. The first-order chi connectivity index (χ1) is 10.1. The molecule has 6 heteroatoms. The summed E-state index contributed by atoms with van der Waals surface area (Å²) in [4.78, 5) is 28.0. The molecular weight excluding hydrogens is 270 g/mol. The van der Waals surface area contributed by atoms with Crippen LogP contribution in [0.1, 0.15) is 32.6 Å². The Hall–Kier alpha value is -1.14. The second-order valence-corrected chi connectivity index (χ2v) is 6.09. The Bertz CT molecular complexity index is 361. The number of nitrogens with two attached hydrogens (primary N) is 1. The molecule has 120 valence electrons. The van der Waals surface area contributed by atoms with Crippen molar-refractivity contribution >= 4 is 11.8 Å². The molecule has 2 unspecified atom stereocenters. The van der Waals surface area contributed by atoms with Gasteiger partial charge in [-0.05, 0) is 31.7 Å². The zero-order valence-electron chi connectivity index (χ0n) is 12.9. The zero-order valence-corrected chi connectivity index (χ0v) is 12.9. The molecule has 2 fully saturated rings. The van der Waals surface area contributed by atoms with Crippen LogP contribution in [0.5, 0.6) is 0 Å². The molecule has 2 heterocycles. The van der Waals surface area contributed by atoms with Gasteiger partial charge in [0.1, 0.15) is 6.10 Å². The van der Waals surface area contributed by atoms with Crippen LogP contribution in [0.4, 0.5) is 0 Å². The lowest BCUT2D eigenvalue weighted by molar-refractivity contribution is -0.146. The molecule has 2 saturated heterocycles. The molecule has 6 nitrogen and oxygen atoms in total. The van der Waals surface area contributed by atoms with Crippen LogP contribution >= 0.6 is 0 Å². The molecule has 2 amide bonds. The van der Waals surface area contributed by atoms with E-state index in [1.807, 2.05) is 9.80 Å². The number of carbonyl (C=O) groups excluding carboxylic acids is 2. The van der Waals surface area contributed by atoms with Crippen molar-refractivity contribution in [2.75, 3.05) is 39.3 Å². The summed E-state index contributed by atoms with van der Waals surface area (Å²) < 4.78 is 5.44. The third kappa shape index (κ3) is 4.41. The lowest BCUT2D eigenvalue weighted by Gasteiger charge is -2.36. The van der Waals surface area contributed by atoms with Gasteiger partial charge in [-0.1, -0.05) is 6.92 Å². The second kappa shape index (κ2) is 7.75. The predicted molar refractivity (Wildman–Crippen MR) is 79.6 cm³/mol. The van der Waals surface area contributed by atoms with E-state index in [0.29, 0.717) is 51.7 Å². The molecular formula is C15H27N3O3. The van der Waals surface area contributed by atoms with Crippen molar-refractivity contribution in [1.82, 2.24) is 9.80 Å². The molecule has 21 heavy (non-hydrogen) atoms. The zero-order chi connectivity index (χ0) is 15.2. The fourth-order valence-corrected chi connectivity index (χ4v) is 2.80. The van der Waals surface area contributed by atoms with Gasteiger partial charge in [-0.25, -0.2) is 0 Å². The van der Waals surface area contributed by atoms with Gasteiger partial charge >= 0.3 is 0 Å². The molecule has 2 aliphatic heterocycles. The van der Waals surface area contributed by atoms with Gasteiger partial charge in [0.25, 0.3) is 5.91 Å². The summed E-state index contributed by atoms with van der Waals surface area (Å²) in [6, 6.07) is 0. The van der Waals surface area contributed by atoms with Crippen LogP contribution in [0.15, 0.2) is 0 Å². The van der Waals surface area contributed by atoms with E-state index >= 15 is 0 Å². The maximum absolute atomic E-state index is 12.2. The van der Waals surface area contributed by atoms with Crippen molar-refractivity contribution in [2.24, 2.45) is 11.7 Å². The molecule has 0 aliphatic carbocycles. The summed E-state index contributed by atoms with van der Waals surface area (Å²) in [6.07, 6.45) is 2.93. The topological polar surface area (TPSA) is 75.9 Å². The number of piperazine rings is 1. The van der Waals surface area contributed by atoms with Gasteiger partial charge in [-0.2, -0.15) is 0 Å². The average molecular weight is 297 g/mol. The fraction of sp³-hybridized carbons (Fsp3) is 0.867. The third-order valence-corrected chi connectivity index (χ3v) is 4.40. The Morgan fingerprint density at radius 1 is 1.24 bits per heavy atom. The van der Waals surface area contributed by atoms with Crippen molar-refractivity contribution in [3.05, 3.63) is 0 Å². The highest BCUT2D eigenvalue weighted by Crippen LogP contribution is 2.16. The van der Waals surface area contributed by atoms with Crippen LogP contribution in [0.3, 0.4) is 0 Å². The molecule has 2 N–H and O–H groups in total. The number of nitrogens with zero attached hydrogens (tertiary/aromatic N) is 2. The van der Waals surface area contributed by atoms with Crippen molar-refractivity contribution in [2.45, 2.75) is 38.7 Å². The van der Waals surface area contributed by atoms with E-state index in [0.717, 1.165) is 19.3 Å². The fourth-order valence-electron chi connectivity index (χ4n) is 2.80. The SMILES string of the molecule is CC(CN)CCC(=O)N1CCN(C(=O)C2CCCO2)CC1. The number of carbonyl (C=O) groups is 2. The van der Waals surface area contributed by atoms with Gasteiger partial charge in [-0.15, -0.1) is 0 Å². The van der Waals surface area contributed by atoms with Crippen LogP contribution < -0.4 is 5.73 Å². The highest BCUT2D eigenvalue weighted by Gasteiger charge is 2.31. The Morgan fingerprint density at radius 3 is 2.48 bits per heavy atom. The summed E-state index contributed by atoms with van der Waals surface area (Å²) >= 11 is 0. The standard InChI is InChI=1S/C15H27N3O3/c1-12(11-16)4-5-14(19)17-6-8-18(9-7-17)15(20)13-3-2-10-21-13/h12-13H,2-11,16H2,1H3. The quantitative estimate of drug-likeness (QED) is 0.787. The smallest absolute Gasteiger partial charge is 0.251 e. The molecule has 2 aliphatic rings. The molecule has 0 aromatic heterocycles. The van der Waals surface area contributed by atoms with Gasteiger partial charge in [0, 0.05) is 39.2 Å². The first kappa shape index (κ1) is 16.2. The summed E-state index contributed by atoms with van der Waals surface area (Å²) in [5, 5.41) is 0. The average Bonchev–Trinajstić information content (AvgIpc) is 3.06. The minimum Gasteiger partial charge on any atom is -0.368 e. The second-order valence-electron chi connectivity index (χ2n) is 6.09. The van der Waals surface area contributed by atoms with Crippen molar-refractivity contribution in [1.29, 1.82) is 0 Å². The van der Waals surface area contributed by atoms with Gasteiger partial charge < -0.3 is 20.3 Å². The van der Waals surface area contributed by atoms with Crippen molar-refractivity contribution < 1.29 is 14.3 Å². The molecule has 0 aromatic rings. The number of amides is 2. The maximum atomic E-state index is 12.2. The number of hydrogen-bond acceptors (Lipinski definition) is 4. The van der Waals surface area contributed by atoms with Gasteiger partial charge in [0.2, 0.25) is 5.91 Å². The van der Waals surface area contributed by atoms with Gasteiger partial charge in [0.05, 0.1) is 0 Å². The van der Waals surface area contributed by atoms with E-state index in [4.69, 9.17) is 10.5 Å². The van der Waals surface area contributed by atoms with Gasteiger partial charge in [-0.3, -0.25) is 9.59 Å². The highest BCUT2D eigenvalue weighted by molar-refractivity contribution is 5.82. The predicted octanol–water partition coefficient (Wildman–Crippen LogP) is 0.211. The molecule has 0 spiro atoms. The van der Waals surface area contributed by atoms with E-state index < -0.39 is 0 Å². The van der Waals surface area contributed by atoms with Crippen LogP contribution in [0.25, 0.3) is 0 Å². The number of rotatable bonds is 5. The van der Waals surface area contributed by atoms with E-state index in [-0.39, 0.29) is 17.9 Å². The first-order valence-corrected chi connectivity index (χ1v) is 8.00. The summed E-state index contributed by atoms with van der Waals surface area (Å²) in [7, 11) is 0. The molecule has 2 atom stereocenters. The summed E-state index contributed by atoms with van der Waals surface area (Å²) in [6.45, 7) is 5.88. The molecule has 2 rings (SSSR count). The molecule has 0 radical (unpaired) electrons. The van der Waals surface area contributed by atoms with Crippen LogP contribution in [-0.4, -0.2) is 67.0 Å². The number of hydrogen-bond donors (Lipinski definition) is 1. The van der Waals surface area contributed by atoms with Crippen molar-refractivity contribution in [3.63, 3.8) is 0 Å². The van der Waals surface area contributed by atoms with Crippen LogP contribution in [0.2, 0.25) is 0 Å². The number of ether oxygens (including phenoxy) is 1. The summed E-state index contributed by atoms with van der Waals surface area (Å²) in [5.74, 6) is 0.659. The Morgan fingerprint density at radius 2 is 1.90 bits per heavy atom. The van der Waals surface area contributed by atoms with Crippen LogP contribution in [-0.2, 0) is 14.3 Å². The Kier molecular flexibility index (Phi) is 5.99. The minimum atomic E-state index is -0.252. The lowest BCUT2D eigenvalue weighted by atomic mass is 10.1. The maximum Gasteiger partial charge on any atom is 0.251 e. The highest BCUT2D eigenvalue weighted by atomic mass is 16.5. The first-order valence-electron chi connectivity index (χ1n) is 8.00. The van der Waals surface area contributed by atoms with E-state index in [2.05, 4.69) is 6.92 Å². The van der Waals surface area contributed by atoms with Crippen LogP contribution in [0, 0.1) is 5.92 Å². The van der Waals surface area contributed by atoms with Gasteiger partial charge in [0.15, 0.2) is 0 Å².